The molecule has 256 valence electrons. The number of carbonyl (C=O) groups excluding carboxylic acids is 2. The standard InChI is InChI=1S/C43H52N4O2/c1-27-14-19-32(37(20-27)47-45-26-29-23-35(42(8,9)10)39(49)36(24-29)43(11,12)13)30-15-17-31(18-16-30)46-44-25-28-21-33(40(2,3)4)38(48)34(22-28)41(5,6)7/h14-26H,1-13H3/b46-44+,47-45-. The molecule has 2 aliphatic rings. The van der Waals surface area contributed by atoms with Crippen molar-refractivity contribution in [1.29, 1.82) is 0 Å². The molecule has 6 heteroatoms. The zero-order chi connectivity index (χ0) is 36.5. The van der Waals surface area contributed by atoms with Gasteiger partial charge in [-0.25, -0.2) is 0 Å². The first-order valence-electron chi connectivity index (χ1n) is 17.0. The van der Waals surface area contributed by atoms with Crippen LogP contribution in [-0.2, 0) is 9.59 Å². The molecule has 0 radical (unpaired) electrons. The summed E-state index contributed by atoms with van der Waals surface area (Å²) in [4.78, 5) is 26.5. The van der Waals surface area contributed by atoms with Crippen LogP contribution in [0.25, 0.3) is 11.1 Å². The summed E-state index contributed by atoms with van der Waals surface area (Å²) in [5, 5.41) is 17.9. The topological polar surface area (TPSA) is 83.6 Å². The monoisotopic (exact) mass is 656 g/mol. The Kier molecular flexibility index (Phi) is 10.4. The quantitative estimate of drug-likeness (QED) is 0.300. The minimum atomic E-state index is -0.291. The molecule has 2 aromatic rings. The number of ketones is 2. The Balaban J connectivity index is 1.61. The van der Waals surface area contributed by atoms with Gasteiger partial charge in [-0.05, 0) is 93.4 Å². The molecule has 6 nitrogen and oxygen atoms in total. The molecule has 0 aliphatic heterocycles. The highest BCUT2D eigenvalue weighted by Gasteiger charge is 2.35. The molecule has 0 fully saturated rings. The van der Waals surface area contributed by atoms with Crippen molar-refractivity contribution in [2.45, 2.75) is 90.0 Å². The first kappa shape index (κ1) is 37.2. The fourth-order valence-electron chi connectivity index (χ4n) is 5.68. The van der Waals surface area contributed by atoms with E-state index in [2.05, 4.69) is 116 Å². The zero-order valence-electron chi connectivity index (χ0n) is 31.6. The van der Waals surface area contributed by atoms with Gasteiger partial charge < -0.3 is 0 Å². The maximum atomic E-state index is 13.3. The Hall–Kier alpha value is -4.58. The van der Waals surface area contributed by atoms with Crippen LogP contribution in [0.1, 0.15) is 88.6 Å². The fourth-order valence-corrected chi connectivity index (χ4v) is 5.68. The molecule has 0 spiro atoms. The zero-order valence-corrected chi connectivity index (χ0v) is 31.6. The lowest BCUT2D eigenvalue weighted by Gasteiger charge is -2.31. The number of Topliss-reactive ketones (excluding diaryl/α,β-unsaturated/α-hetero) is 2. The van der Waals surface area contributed by atoms with Crippen LogP contribution in [0.3, 0.4) is 0 Å². The van der Waals surface area contributed by atoms with Crippen LogP contribution < -0.4 is 0 Å². The van der Waals surface area contributed by atoms with E-state index in [1.54, 1.807) is 12.4 Å². The Bertz CT molecular complexity index is 1820. The predicted octanol–water partition coefficient (Wildman–Crippen LogP) is 12.7. The fraction of sp³-hybridized carbons (Fsp3) is 0.395. The van der Waals surface area contributed by atoms with E-state index >= 15 is 0 Å². The Morgan fingerprint density at radius 3 is 1.29 bits per heavy atom. The average Bonchev–Trinajstić information content (AvgIpc) is 2.97. The van der Waals surface area contributed by atoms with Gasteiger partial charge in [0.05, 0.1) is 23.8 Å². The molecule has 4 rings (SSSR count). The molecule has 0 aromatic heterocycles. The molecule has 0 atom stereocenters. The molecule has 0 saturated carbocycles. The summed E-state index contributed by atoms with van der Waals surface area (Å²) < 4.78 is 0. The SMILES string of the molecule is Cc1ccc(-c2ccc(/N=N/C=C3C=C(C(C)(C)C)C(=O)C(C(C)(C)C)=C3)cc2)c(/N=N\C=C2C=C(C(C)(C)C)C(=O)C(C(C)(C)C)=C2)c1. The van der Waals surface area contributed by atoms with Gasteiger partial charge in [-0.2, -0.15) is 20.5 Å². The molecule has 2 aromatic carbocycles. The van der Waals surface area contributed by atoms with E-state index in [0.29, 0.717) is 5.69 Å². The van der Waals surface area contributed by atoms with Crippen molar-refractivity contribution < 1.29 is 9.59 Å². The number of allylic oxidation sites excluding steroid dienone is 10. The average molecular weight is 657 g/mol. The smallest absolute Gasteiger partial charge is 0.186 e. The summed E-state index contributed by atoms with van der Waals surface area (Å²) in [5.41, 5.74) is 8.13. The molecule has 0 amide bonds. The van der Waals surface area contributed by atoms with E-state index in [-0.39, 0.29) is 33.2 Å². The van der Waals surface area contributed by atoms with Crippen molar-refractivity contribution in [3.63, 3.8) is 0 Å². The maximum Gasteiger partial charge on any atom is 0.186 e. The number of hydrogen-bond donors (Lipinski definition) is 0. The summed E-state index contributed by atoms with van der Waals surface area (Å²) in [7, 11) is 0. The van der Waals surface area contributed by atoms with Crippen molar-refractivity contribution in [1.82, 2.24) is 0 Å². The van der Waals surface area contributed by atoms with Crippen molar-refractivity contribution in [3.8, 4) is 11.1 Å². The maximum absolute atomic E-state index is 13.3. The second-order valence-electron chi connectivity index (χ2n) is 17.1. The lowest BCUT2D eigenvalue weighted by Crippen LogP contribution is -2.27. The van der Waals surface area contributed by atoms with Crippen LogP contribution in [0.4, 0.5) is 11.4 Å². The van der Waals surface area contributed by atoms with E-state index in [0.717, 1.165) is 55.8 Å². The van der Waals surface area contributed by atoms with E-state index in [1.165, 1.54) is 0 Å². The number of aryl methyl sites for hydroxylation is 1. The second-order valence-corrected chi connectivity index (χ2v) is 17.1. The molecule has 2 aliphatic carbocycles. The number of nitrogens with zero attached hydrogens (tertiary/aromatic N) is 4. The van der Waals surface area contributed by atoms with Crippen molar-refractivity contribution >= 4 is 22.9 Å². The summed E-state index contributed by atoms with van der Waals surface area (Å²) in [6.45, 7) is 26.7. The van der Waals surface area contributed by atoms with Crippen LogP contribution in [0.5, 0.6) is 0 Å². The lowest BCUT2D eigenvalue weighted by atomic mass is 9.72. The molecule has 49 heavy (non-hydrogen) atoms. The Labute approximate surface area is 293 Å². The van der Waals surface area contributed by atoms with Crippen LogP contribution in [-0.4, -0.2) is 11.6 Å². The van der Waals surface area contributed by atoms with E-state index < -0.39 is 0 Å². The van der Waals surface area contributed by atoms with Gasteiger partial charge in [-0.15, -0.1) is 0 Å². The van der Waals surface area contributed by atoms with Crippen molar-refractivity contribution in [2.75, 3.05) is 0 Å². The van der Waals surface area contributed by atoms with E-state index in [9.17, 15) is 9.59 Å². The predicted molar refractivity (Wildman–Crippen MR) is 202 cm³/mol. The number of benzene rings is 2. The normalized spacial score (nSPS) is 16.6. The minimum Gasteiger partial charge on any atom is -0.289 e. The molecule has 0 heterocycles. The van der Waals surface area contributed by atoms with E-state index in [4.69, 9.17) is 0 Å². The molecule has 0 saturated heterocycles. The summed E-state index contributed by atoms with van der Waals surface area (Å²) in [5.74, 6) is 0.193. The third kappa shape index (κ3) is 9.11. The highest BCUT2D eigenvalue weighted by Crippen LogP contribution is 2.41. The van der Waals surface area contributed by atoms with Gasteiger partial charge in [0, 0.05) is 27.9 Å². The van der Waals surface area contributed by atoms with Crippen LogP contribution in [0.2, 0.25) is 0 Å². The van der Waals surface area contributed by atoms with E-state index in [1.807, 2.05) is 61.6 Å². The summed E-state index contributed by atoms with van der Waals surface area (Å²) >= 11 is 0. The number of carbonyl (C=O) groups is 2. The third-order valence-electron chi connectivity index (χ3n) is 8.54. The molecule has 0 bridgehead atoms. The van der Waals surface area contributed by atoms with Gasteiger partial charge in [0.1, 0.15) is 0 Å². The van der Waals surface area contributed by atoms with Gasteiger partial charge >= 0.3 is 0 Å². The highest BCUT2D eigenvalue weighted by atomic mass is 16.1. The molecular weight excluding hydrogens is 604 g/mol. The van der Waals surface area contributed by atoms with Gasteiger partial charge in [0.2, 0.25) is 0 Å². The second kappa shape index (κ2) is 13.7. The van der Waals surface area contributed by atoms with Crippen LogP contribution >= 0.6 is 0 Å². The van der Waals surface area contributed by atoms with Crippen LogP contribution in [0.15, 0.2) is 133 Å². The minimum absolute atomic E-state index is 0.0955. The number of hydrogen-bond acceptors (Lipinski definition) is 6. The van der Waals surface area contributed by atoms with Gasteiger partial charge in [-0.1, -0.05) is 107 Å². The first-order valence-corrected chi connectivity index (χ1v) is 17.0. The number of rotatable bonds is 5. The highest BCUT2D eigenvalue weighted by molar-refractivity contribution is 6.12. The third-order valence-corrected chi connectivity index (χ3v) is 8.54. The first-order chi connectivity index (χ1) is 22.6. The van der Waals surface area contributed by atoms with Gasteiger partial charge in [0.15, 0.2) is 11.6 Å². The molecule has 0 unspecified atom stereocenters. The Morgan fingerprint density at radius 1 is 0.510 bits per heavy atom. The van der Waals surface area contributed by atoms with Gasteiger partial charge in [-0.3, -0.25) is 9.59 Å². The van der Waals surface area contributed by atoms with Crippen molar-refractivity contribution in [2.24, 2.45) is 42.1 Å². The molecule has 0 N–H and O–H groups in total. The largest absolute Gasteiger partial charge is 0.289 e. The Morgan fingerprint density at radius 2 is 0.898 bits per heavy atom. The summed E-state index contributed by atoms with van der Waals surface area (Å²) in [6, 6.07) is 14.0. The summed E-state index contributed by atoms with van der Waals surface area (Å²) in [6.07, 6.45) is 11.2. The molecular formula is C43H52N4O2. The van der Waals surface area contributed by atoms with Gasteiger partial charge in [0.25, 0.3) is 0 Å². The number of azo groups is 2. The lowest BCUT2D eigenvalue weighted by molar-refractivity contribution is -0.114. The van der Waals surface area contributed by atoms with Crippen LogP contribution in [0, 0.1) is 28.6 Å². The van der Waals surface area contributed by atoms with Crippen molar-refractivity contribution in [3.05, 3.63) is 118 Å².